The molecule has 0 saturated carbocycles. The lowest BCUT2D eigenvalue weighted by Crippen LogP contribution is -2.21. The lowest BCUT2D eigenvalue weighted by atomic mass is 10.0. The Hall–Kier alpha value is -2.03. The molecule has 1 N–H and O–H groups in total. The molecule has 1 unspecified atom stereocenters. The quantitative estimate of drug-likeness (QED) is 0.731. The van der Waals surface area contributed by atoms with Crippen LogP contribution in [0.2, 0.25) is 5.02 Å². The number of nitrogens with one attached hydrogen (secondary N) is 1. The first-order chi connectivity index (χ1) is 10.3. The van der Waals surface area contributed by atoms with Crippen LogP contribution in [-0.2, 0) is 6.54 Å². The van der Waals surface area contributed by atoms with E-state index >= 15 is 0 Å². The van der Waals surface area contributed by atoms with Crippen LogP contribution < -0.4 is 5.32 Å². The van der Waals surface area contributed by atoms with Crippen molar-refractivity contribution >= 4 is 11.6 Å². The third kappa shape index (κ3) is 3.35. The predicted octanol–water partition coefficient (Wildman–Crippen LogP) is 4.81. The summed E-state index contributed by atoms with van der Waals surface area (Å²) >= 11 is 6.22. The van der Waals surface area contributed by atoms with Gasteiger partial charge in [0.15, 0.2) is 0 Å². The Kier molecular flexibility index (Phi) is 4.39. The molecule has 0 bridgehead atoms. The van der Waals surface area contributed by atoms with Gasteiger partial charge in [0, 0.05) is 11.6 Å². The highest BCUT2D eigenvalue weighted by molar-refractivity contribution is 6.31. The zero-order chi connectivity index (χ0) is 14.5. The average molecular weight is 298 g/mol. The van der Waals surface area contributed by atoms with Crippen LogP contribution in [0.3, 0.4) is 0 Å². The molecule has 2 aromatic carbocycles. The fraction of sp³-hybridized carbons (Fsp3) is 0.111. The molecule has 0 saturated heterocycles. The van der Waals surface area contributed by atoms with Crippen molar-refractivity contribution in [3.63, 3.8) is 0 Å². The van der Waals surface area contributed by atoms with E-state index in [0.717, 1.165) is 16.3 Å². The normalized spacial score (nSPS) is 12.2. The average Bonchev–Trinajstić information content (AvgIpc) is 3.04. The van der Waals surface area contributed by atoms with Gasteiger partial charge in [-0.25, -0.2) is 0 Å². The monoisotopic (exact) mass is 297 g/mol. The van der Waals surface area contributed by atoms with Crippen molar-refractivity contribution in [2.75, 3.05) is 0 Å². The van der Waals surface area contributed by atoms with E-state index in [9.17, 15) is 0 Å². The summed E-state index contributed by atoms with van der Waals surface area (Å²) in [5.74, 6) is 0.897. The van der Waals surface area contributed by atoms with Crippen molar-refractivity contribution in [3.8, 4) is 0 Å². The van der Waals surface area contributed by atoms with Gasteiger partial charge in [-0.3, -0.25) is 5.32 Å². The zero-order valence-electron chi connectivity index (χ0n) is 11.5. The van der Waals surface area contributed by atoms with Crippen molar-refractivity contribution < 1.29 is 4.42 Å². The summed E-state index contributed by atoms with van der Waals surface area (Å²) in [6.07, 6.45) is 1.70. The molecule has 3 heteroatoms. The number of halogens is 1. The molecular formula is C18H16ClNO. The van der Waals surface area contributed by atoms with Crippen LogP contribution in [0.25, 0.3) is 0 Å². The lowest BCUT2D eigenvalue weighted by molar-refractivity contribution is 0.446. The molecule has 0 radical (unpaired) electrons. The van der Waals surface area contributed by atoms with Gasteiger partial charge in [-0.2, -0.15) is 0 Å². The van der Waals surface area contributed by atoms with E-state index in [4.69, 9.17) is 16.0 Å². The first-order valence-corrected chi connectivity index (χ1v) is 7.27. The summed E-state index contributed by atoms with van der Waals surface area (Å²) < 4.78 is 5.57. The SMILES string of the molecule is Clc1ccccc1CNC(c1ccccc1)c1ccco1. The lowest BCUT2D eigenvalue weighted by Gasteiger charge is -2.17. The van der Waals surface area contributed by atoms with Crippen LogP contribution in [-0.4, -0.2) is 0 Å². The largest absolute Gasteiger partial charge is 0.467 e. The fourth-order valence-electron chi connectivity index (χ4n) is 2.34. The minimum atomic E-state index is 0.0115. The van der Waals surface area contributed by atoms with Crippen molar-refractivity contribution in [2.24, 2.45) is 0 Å². The summed E-state index contributed by atoms with van der Waals surface area (Å²) in [6.45, 7) is 0.680. The number of hydrogen-bond donors (Lipinski definition) is 1. The van der Waals surface area contributed by atoms with Gasteiger partial charge in [0.05, 0.1) is 12.3 Å². The van der Waals surface area contributed by atoms with Crippen LogP contribution >= 0.6 is 11.6 Å². The zero-order valence-corrected chi connectivity index (χ0v) is 12.3. The summed E-state index contributed by atoms with van der Waals surface area (Å²) in [5, 5.41) is 4.29. The molecule has 106 valence electrons. The van der Waals surface area contributed by atoms with E-state index in [-0.39, 0.29) is 6.04 Å². The van der Waals surface area contributed by atoms with Crippen LogP contribution in [0.4, 0.5) is 0 Å². The van der Waals surface area contributed by atoms with Crippen molar-refractivity contribution in [1.29, 1.82) is 0 Å². The summed E-state index contributed by atoms with van der Waals surface area (Å²) in [5.41, 5.74) is 2.24. The van der Waals surface area contributed by atoms with E-state index in [1.54, 1.807) is 6.26 Å². The molecular weight excluding hydrogens is 282 g/mol. The minimum absolute atomic E-state index is 0.0115. The Labute approximate surface area is 129 Å². The van der Waals surface area contributed by atoms with Gasteiger partial charge in [-0.1, -0.05) is 60.1 Å². The van der Waals surface area contributed by atoms with Crippen molar-refractivity contribution in [3.05, 3.63) is 94.9 Å². The Morgan fingerprint density at radius 2 is 1.67 bits per heavy atom. The Bertz CT molecular complexity index is 679. The van der Waals surface area contributed by atoms with Crippen LogP contribution in [0, 0.1) is 0 Å². The van der Waals surface area contributed by atoms with Gasteiger partial charge in [0.1, 0.15) is 5.76 Å². The van der Waals surface area contributed by atoms with Crippen LogP contribution in [0.5, 0.6) is 0 Å². The summed E-state index contributed by atoms with van der Waals surface area (Å²) in [7, 11) is 0. The smallest absolute Gasteiger partial charge is 0.125 e. The maximum absolute atomic E-state index is 6.22. The molecule has 0 fully saturated rings. The first kappa shape index (κ1) is 13.9. The highest BCUT2D eigenvalue weighted by Crippen LogP contribution is 2.24. The van der Waals surface area contributed by atoms with Gasteiger partial charge in [-0.15, -0.1) is 0 Å². The number of hydrogen-bond acceptors (Lipinski definition) is 2. The van der Waals surface area contributed by atoms with Gasteiger partial charge >= 0.3 is 0 Å². The molecule has 3 aromatic rings. The molecule has 3 rings (SSSR count). The third-order valence-electron chi connectivity index (χ3n) is 3.42. The highest BCUT2D eigenvalue weighted by atomic mass is 35.5. The molecule has 1 heterocycles. The Morgan fingerprint density at radius 1 is 0.905 bits per heavy atom. The molecule has 0 aliphatic heterocycles. The van der Waals surface area contributed by atoms with E-state index in [2.05, 4.69) is 17.4 Å². The second-order valence-corrected chi connectivity index (χ2v) is 5.24. The molecule has 0 spiro atoms. The second kappa shape index (κ2) is 6.61. The van der Waals surface area contributed by atoms with Crippen molar-refractivity contribution in [2.45, 2.75) is 12.6 Å². The maximum atomic E-state index is 6.22. The molecule has 2 nitrogen and oxygen atoms in total. The van der Waals surface area contributed by atoms with Gasteiger partial charge in [0.2, 0.25) is 0 Å². The number of rotatable bonds is 5. The van der Waals surface area contributed by atoms with E-state index in [0.29, 0.717) is 6.54 Å². The standard InChI is InChI=1S/C18H16ClNO/c19-16-10-5-4-9-15(16)13-20-18(17-11-6-12-21-17)14-7-2-1-3-8-14/h1-12,18,20H,13H2. The number of furan rings is 1. The fourth-order valence-corrected chi connectivity index (χ4v) is 2.54. The van der Waals surface area contributed by atoms with Crippen LogP contribution in [0.15, 0.2) is 77.4 Å². The van der Waals surface area contributed by atoms with E-state index in [1.165, 1.54) is 5.56 Å². The van der Waals surface area contributed by atoms with Gasteiger partial charge in [-0.05, 0) is 29.3 Å². The van der Waals surface area contributed by atoms with Crippen molar-refractivity contribution in [1.82, 2.24) is 5.32 Å². The molecule has 0 aliphatic carbocycles. The third-order valence-corrected chi connectivity index (χ3v) is 3.78. The molecule has 1 aromatic heterocycles. The number of benzene rings is 2. The maximum Gasteiger partial charge on any atom is 0.125 e. The minimum Gasteiger partial charge on any atom is -0.467 e. The highest BCUT2D eigenvalue weighted by Gasteiger charge is 2.16. The predicted molar refractivity (Wildman–Crippen MR) is 85.3 cm³/mol. The molecule has 0 amide bonds. The Morgan fingerprint density at radius 3 is 2.38 bits per heavy atom. The molecule has 0 aliphatic rings. The van der Waals surface area contributed by atoms with Gasteiger partial charge < -0.3 is 4.42 Å². The first-order valence-electron chi connectivity index (χ1n) is 6.90. The second-order valence-electron chi connectivity index (χ2n) is 4.83. The Balaban J connectivity index is 1.82. The van der Waals surface area contributed by atoms with Crippen LogP contribution in [0.1, 0.15) is 22.9 Å². The molecule has 21 heavy (non-hydrogen) atoms. The summed E-state index contributed by atoms with van der Waals surface area (Å²) in [6, 6.07) is 22.0. The van der Waals surface area contributed by atoms with E-state index in [1.807, 2.05) is 54.6 Å². The molecule has 1 atom stereocenters. The topological polar surface area (TPSA) is 25.2 Å². The van der Waals surface area contributed by atoms with E-state index < -0.39 is 0 Å². The van der Waals surface area contributed by atoms with Gasteiger partial charge in [0.25, 0.3) is 0 Å². The summed E-state index contributed by atoms with van der Waals surface area (Å²) in [4.78, 5) is 0.